The first-order chi connectivity index (χ1) is 14.0. The van der Waals surface area contributed by atoms with Crippen molar-refractivity contribution in [1.29, 1.82) is 0 Å². The number of anilines is 1. The molecule has 0 unspecified atom stereocenters. The Morgan fingerprint density at radius 1 is 1.14 bits per heavy atom. The van der Waals surface area contributed by atoms with Crippen LogP contribution in [0.25, 0.3) is 5.57 Å². The highest BCUT2D eigenvalue weighted by Crippen LogP contribution is 2.42. The molecule has 148 valence electrons. The normalized spacial score (nSPS) is 22.4. The Hall–Kier alpha value is -3.22. The summed E-state index contributed by atoms with van der Waals surface area (Å²) in [4.78, 5) is 28.2. The van der Waals surface area contributed by atoms with Gasteiger partial charge in [0.2, 0.25) is 5.91 Å². The number of hydrogen-bond donors (Lipinski definition) is 1. The molecule has 0 radical (unpaired) electrons. The van der Waals surface area contributed by atoms with E-state index in [-0.39, 0.29) is 42.2 Å². The van der Waals surface area contributed by atoms with E-state index in [1.165, 1.54) is 22.1 Å². The van der Waals surface area contributed by atoms with Crippen molar-refractivity contribution < 1.29 is 18.4 Å². The number of fused-ring (bicyclic) bond motifs is 3. The predicted octanol–water partition coefficient (Wildman–Crippen LogP) is 3.63. The lowest BCUT2D eigenvalue weighted by Crippen LogP contribution is -2.47. The number of nitrogens with one attached hydrogen (secondary N) is 1. The van der Waals surface area contributed by atoms with Gasteiger partial charge in [-0.25, -0.2) is 13.6 Å². The molecule has 1 N–H and O–H groups in total. The summed E-state index contributed by atoms with van der Waals surface area (Å²) in [5.74, 6) is -1.86. The van der Waals surface area contributed by atoms with Crippen LogP contribution in [-0.2, 0) is 11.3 Å². The molecule has 2 aromatic carbocycles. The molecule has 0 spiro atoms. The van der Waals surface area contributed by atoms with E-state index < -0.39 is 17.7 Å². The lowest BCUT2D eigenvalue weighted by molar-refractivity contribution is -0.132. The molecule has 1 saturated heterocycles. The quantitative estimate of drug-likeness (QED) is 0.863. The molecular formula is C22H19F2N3O2. The van der Waals surface area contributed by atoms with Gasteiger partial charge < -0.3 is 15.1 Å². The van der Waals surface area contributed by atoms with Gasteiger partial charge in [0.05, 0.1) is 18.3 Å². The van der Waals surface area contributed by atoms with E-state index >= 15 is 0 Å². The van der Waals surface area contributed by atoms with Crippen LogP contribution in [0.1, 0.15) is 17.5 Å². The lowest BCUT2D eigenvalue weighted by Gasteiger charge is -2.32. The van der Waals surface area contributed by atoms with E-state index in [9.17, 15) is 18.4 Å². The van der Waals surface area contributed by atoms with Gasteiger partial charge in [0, 0.05) is 18.0 Å². The Morgan fingerprint density at radius 3 is 2.66 bits per heavy atom. The molecule has 2 atom stereocenters. The third-order valence-corrected chi connectivity index (χ3v) is 5.98. The van der Waals surface area contributed by atoms with Crippen molar-refractivity contribution in [2.45, 2.75) is 19.0 Å². The maximum Gasteiger partial charge on any atom is 0.322 e. The van der Waals surface area contributed by atoms with Crippen LogP contribution in [0.5, 0.6) is 0 Å². The van der Waals surface area contributed by atoms with E-state index in [0.29, 0.717) is 6.54 Å². The summed E-state index contributed by atoms with van der Waals surface area (Å²) in [7, 11) is 0. The Morgan fingerprint density at radius 2 is 1.93 bits per heavy atom. The van der Waals surface area contributed by atoms with Crippen LogP contribution >= 0.6 is 0 Å². The third kappa shape index (κ3) is 2.97. The van der Waals surface area contributed by atoms with Gasteiger partial charge in [0.15, 0.2) is 11.6 Å². The number of carbonyl (C=O) groups excluding carboxylic acids is 2. The van der Waals surface area contributed by atoms with Crippen molar-refractivity contribution in [2.75, 3.05) is 18.4 Å². The van der Waals surface area contributed by atoms with Crippen molar-refractivity contribution in [3.05, 3.63) is 71.3 Å². The number of nitrogens with zero attached hydrogens (tertiary/aromatic N) is 2. The molecule has 7 heteroatoms. The number of hydrogen-bond acceptors (Lipinski definition) is 2. The smallest absolute Gasteiger partial charge is 0.322 e. The maximum atomic E-state index is 14.1. The molecule has 2 bridgehead atoms. The molecule has 5 rings (SSSR count). The second-order valence-electron chi connectivity index (χ2n) is 7.71. The molecule has 2 heterocycles. The van der Waals surface area contributed by atoms with Gasteiger partial charge in [-0.15, -0.1) is 0 Å². The number of carbonyl (C=O) groups is 2. The summed E-state index contributed by atoms with van der Waals surface area (Å²) in [5, 5.41) is 2.53. The first-order valence-corrected chi connectivity index (χ1v) is 9.60. The van der Waals surface area contributed by atoms with Crippen molar-refractivity contribution in [3.8, 4) is 0 Å². The monoisotopic (exact) mass is 395 g/mol. The standard InChI is InChI=1S/C22H19F2N3O2/c23-18-6-7-19-17(21(18)24)11-26(22(29)25-19)12-20(28)27-10-14-8-15(27)9-16(14)13-4-2-1-3-5-13/h1-7,9,14-15H,8,10-12H2,(H,25,29)/t14-,15-/m0/s1. The van der Waals surface area contributed by atoms with E-state index in [1.807, 2.05) is 18.2 Å². The van der Waals surface area contributed by atoms with Crippen LogP contribution in [0, 0.1) is 17.6 Å². The zero-order valence-corrected chi connectivity index (χ0v) is 15.6. The Balaban J connectivity index is 1.30. The second kappa shape index (κ2) is 6.69. The Bertz CT molecular complexity index is 1040. The fourth-order valence-corrected chi connectivity index (χ4v) is 4.55. The number of benzene rings is 2. The number of urea groups is 1. The molecule has 2 aliphatic heterocycles. The van der Waals surface area contributed by atoms with Crippen LogP contribution in [-0.4, -0.2) is 40.9 Å². The minimum Gasteiger partial charge on any atom is -0.334 e. The molecule has 5 nitrogen and oxygen atoms in total. The predicted molar refractivity (Wildman–Crippen MR) is 104 cm³/mol. The van der Waals surface area contributed by atoms with Gasteiger partial charge in [-0.3, -0.25) is 4.79 Å². The zero-order valence-electron chi connectivity index (χ0n) is 15.6. The van der Waals surface area contributed by atoms with Gasteiger partial charge >= 0.3 is 6.03 Å². The molecule has 29 heavy (non-hydrogen) atoms. The molecule has 0 saturated carbocycles. The molecule has 3 amide bonds. The summed E-state index contributed by atoms with van der Waals surface area (Å²) in [6.07, 6.45) is 3.01. The van der Waals surface area contributed by atoms with Gasteiger partial charge in [0.25, 0.3) is 0 Å². The van der Waals surface area contributed by atoms with Gasteiger partial charge in [-0.1, -0.05) is 36.4 Å². The SMILES string of the molecule is O=C1Nc2ccc(F)c(F)c2CN1CC(=O)N1C[C@@H]2C[C@H]1C=C2c1ccccc1. The van der Waals surface area contributed by atoms with Crippen molar-refractivity contribution in [3.63, 3.8) is 0 Å². The first kappa shape index (κ1) is 17.8. The minimum atomic E-state index is -0.990. The van der Waals surface area contributed by atoms with E-state index in [0.717, 1.165) is 12.5 Å². The van der Waals surface area contributed by atoms with Crippen LogP contribution in [0.15, 0.2) is 48.5 Å². The first-order valence-electron chi connectivity index (χ1n) is 9.60. The Kier molecular flexibility index (Phi) is 4.12. The van der Waals surface area contributed by atoms with Gasteiger partial charge in [-0.2, -0.15) is 0 Å². The van der Waals surface area contributed by atoms with Crippen LogP contribution in [0.2, 0.25) is 0 Å². The molecule has 0 aromatic heterocycles. The molecule has 1 aliphatic carbocycles. The second-order valence-corrected chi connectivity index (χ2v) is 7.71. The summed E-state index contributed by atoms with van der Waals surface area (Å²) >= 11 is 0. The lowest BCUT2D eigenvalue weighted by atomic mass is 9.95. The maximum absolute atomic E-state index is 14.1. The third-order valence-electron chi connectivity index (χ3n) is 5.98. The minimum absolute atomic E-state index is 0.0111. The highest BCUT2D eigenvalue weighted by Gasteiger charge is 2.42. The molecule has 1 fully saturated rings. The zero-order chi connectivity index (χ0) is 20.1. The summed E-state index contributed by atoms with van der Waals surface area (Å²) in [6, 6.07) is 12.0. The van der Waals surface area contributed by atoms with E-state index in [2.05, 4.69) is 23.5 Å². The van der Waals surface area contributed by atoms with Crippen LogP contribution < -0.4 is 5.32 Å². The average Bonchev–Trinajstić information content (AvgIpc) is 3.34. The molecule has 2 aromatic rings. The van der Waals surface area contributed by atoms with Crippen molar-refractivity contribution in [1.82, 2.24) is 9.80 Å². The highest BCUT2D eigenvalue weighted by atomic mass is 19.2. The summed E-state index contributed by atoms with van der Waals surface area (Å²) in [6.45, 7) is 0.307. The number of halogens is 2. The van der Waals surface area contributed by atoms with Gasteiger partial charge in [0.1, 0.15) is 6.54 Å². The topological polar surface area (TPSA) is 52.7 Å². The van der Waals surface area contributed by atoms with E-state index in [4.69, 9.17) is 0 Å². The van der Waals surface area contributed by atoms with Crippen LogP contribution in [0.3, 0.4) is 0 Å². The molecule has 3 aliphatic rings. The summed E-state index contributed by atoms with van der Waals surface area (Å²) < 4.78 is 27.6. The van der Waals surface area contributed by atoms with E-state index in [1.54, 1.807) is 4.90 Å². The van der Waals surface area contributed by atoms with Gasteiger partial charge in [-0.05, 0) is 29.7 Å². The van der Waals surface area contributed by atoms with Crippen molar-refractivity contribution in [2.24, 2.45) is 5.92 Å². The number of likely N-dealkylation sites (tertiary alicyclic amines) is 1. The number of rotatable bonds is 3. The highest BCUT2D eigenvalue weighted by molar-refractivity contribution is 5.95. The average molecular weight is 395 g/mol. The fraction of sp³-hybridized carbons (Fsp3) is 0.273. The largest absolute Gasteiger partial charge is 0.334 e. The Labute approximate surface area is 166 Å². The number of amides is 3. The van der Waals surface area contributed by atoms with Crippen molar-refractivity contribution >= 4 is 23.2 Å². The fourth-order valence-electron chi connectivity index (χ4n) is 4.55. The van der Waals surface area contributed by atoms with Crippen LogP contribution in [0.4, 0.5) is 19.3 Å². The summed E-state index contributed by atoms with van der Waals surface area (Å²) in [5.41, 5.74) is 2.75. The molecular weight excluding hydrogens is 376 g/mol.